The quantitative estimate of drug-likeness (QED) is 0.279. The molecule has 0 saturated carbocycles. The van der Waals surface area contributed by atoms with E-state index < -0.39 is 0 Å². The van der Waals surface area contributed by atoms with Crippen LogP contribution in [0.25, 0.3) is 0 Å². The second-order valence-corrected chi connectivity index (χ2v) is 7.74. The molecule has 4 nitrogen and oxygen atoms in total. The molecule has 1 aromatic carbocycles. The van der Waals surface area contributed by atoms with Gasteiger partial charge in [0, 0.05) is 53.0 Å². The first-order valence-electron chi connectivity index (χ1n) is 7.40. The standard InChI is InChI=1S/C15H23I2N3O.Na/c1-2-19-5-7-20(8-6-19)4-3-18-11-12-9-13(16)10-14(17)15(12)21;/h9-10,18,21H,2-8,11H2,1H3;/q;+1/p-1. The van der Waals surface area contributed by atoms with Crippen molar-refractivity contribution in [2.75, 3.05) is 45.8 Å². The molecule has 118 valence electrons. The van der Waals surface area contributed by atoms with Crippen molar-refractivity contribution < 1.29 is 34.7 Å². The third kappa shape index (κ3) is 6.70. The summed E-state index contributed by atoms with van der Waals surface area (Å²) in [5.74, 6) is 0.167. The van der Waals surface area contributed by atoms with Crippen LogP contribution in [0.15, 0.2) is 12.1 Å². The van der Waals surface area contributed by atoms with Crippen molar-refractivity contribution in [2.24, 2.45) is 0 Å². The van der Waals surface area contributed by atoms with Crippen LogP contribution in [0.1, 0.15) is 12.5 Å². The monoisotopic (exact) mass is 537 g/mol. The zero-order valence-corrected chi connectivity index (χ0v) is 19.7. The van der Waals surface area contributed by atoms with E-state index in [9.17, 15) is 5.11 Å². The topological polar surface area (TPSA) is 41.6 Å². The van der Waals surface area contributed by atoms with E-state index in [-0.39, 0.29) is 35.3 Å². The zero-order valence-electron chi connectivity index (χ0n) is 13.4. The number of nitrogens with one attached hydrogen (secondary N) is 1. The summed E-state index contributed by atoms with van der Waals surface area (Å²) in [5, 5.41) is 15.4. The molecule has 2 rings (SSSR count). The second kappa shape index (κ2) is 11.1. The van der Waals surface area contributed by atoms with Crippen LogP contribution in [0, 0.1) is 7.14 Å². The second-order valence-electron chi connectivity index (χ2n) is 5.33. The first-order valence-corrected chi connectivity index (χ1v) is 9.56. The number of benzene rings is 1. The molecule has 1 N–H and O–H groups in total. The number of likely N-dealkylation sites (N-methyl/N-ethyl adjacent to an activating group) is 1. The fourth-order valence-electron chi connectivity index (χ4n) is 2.53. The van der Waals surface area contributed by atoms with Crippen LogP contribution in [-0.2, 0) is 6.54 Å². The molecule has 1 aliphatic rings. The SMILES string of the molecule is CCN1CCN(CCNCc2cc(I)cc(I)c2[O-])CC1.[Na+]. The third-order valence-electron chi connectivity index (χ3n) is 3.92. The number of rotatable bonds is 6. The largest absolute Gasteiger partial charge is 1.00 e. The molecule has 0 bridgehead atoms. The summed E-state index contributed by atoms with van der Waals surface area (Å²) < 4.78 is 1.94. The number of nitrogens with zero attached hydrogens (tertiary/aromatic N) is 2. The average Bonchev–Trinajstić information content (AvgIpc) is 2.49. The molecule has 7 heteroatoms. The van der Waals surface area contributed by atoms with E-state index in [2.05, 4.69) is 67.2 Å². The summed E-state index contributed by atoms with van der Waals surface area (Å²) in [7, 11) is 0. The molecule has 0 spiro atoms. The predicted octanol–water partition coefficient (Wildman–Crippen LogP) is -1.30. The van der Waals surface area contributed by atoms with Crippen molar-refractivity contribution in [3.63, 3.8) is 0 Å². The van der Waals surface area contributed by atoms with E-state index in [1.54, 1.807) is 0 Å². The maximum absolute atomic E-state index is 12.0. The molecule has 1 aromatic rings. The zero-order chi connectivity index (χ0) is 15.2. The molecule has 1 saturated heterocycles. The molecule has 1 heterocycles. The van der Waals surface area contributed by atoms with Crippen molar-refractivity contribution in [2.45, 2.75) is 13.5 Å². The molecule has 22 heavy (non-hydrogen) atoms. The summed E-state index contributed by atoms with van der Waals surface area (Å²) in [4.78, 5) is 4.98. The summed E-state index contributed by atoms with van der Waals surface area (Å²) in [6, 6.07) is 3.91. The Morgan fingerprint density at radius 1 is 1.14 bits per heavy atom. The molecule has 0 unspecified atom stereocenters. The van der Waals surface area contributed by atoms with Gasteiger partial charge in [-0.05, 0) is 69.4 Å². The van der Waals surface area contributed by atoms with E-state index in [4.69, 9.17) is 0 Å². The van der Waals surface area contributed by atoms with Gasteiger partial charge in [0.25, 0.3) is 0 Å². The number of piperazine rings is 1. The first kappa shape index (κ1) is 21.4. The Hall–Kier alpha value is 1.36. The van der Waals surface area contributed by atoms with Crippen LogP contribution >= 0.6 is 45.2 Å². The molecule has 0 aromatic heterocycles. The number of halogens is 2. The molecular formula is C15H22I2N3NaO. The molecule has 0 atom stereocenters. The van der Waals surface area contributed by atoms with Crippen LogP contribution in [0.3, 0.4) is 0 Å². The van der Waals surface area contributed by atoms with Crippen LogP contribution in [-0.4, -0.2) is 55.6 Å². The van der Waals surface area contributed by atoms with Gasteiger partial charge in [0.2, 0.25) is 0 Å². The van der Waals surface area contributed by atoms with Gasteiger partial charge in [0.1, 0.15) is 0 Å². The maximum Gasteiger partial charge on any atom is 1.00 e. The van der Waals surface area contributed by atoms with E-state index in [0.717, 1.165) is 45.4 Å². The van der Waals surface area contributed by atoms with Crippen molar-refractivity contribution in [1.29, 1.82) is 0 Å². The van der Waals surface area contributed by atoms with Gasteiger partial charge >= 0.3 is 29.6 Å². The Morgan fingerprint density at radius 2 is 1.77 bits per heavy atom. The van der Waals surface area contributed by atoms with Gasteiger partial charge in [-0.2, -0.15) is 0 Å². The van der Waals surface area contributed by atoms with Gasteiger partial charge in [0.05, 0.1) is 0 Å². The fraction of sp³-hybridized carbons (Fsp3) is 0.600. The molecule has 0 amide bonds. The third-order valence-corrected chi connectivity index (χ3v) is 5.34. The number of hydrogen-bond donors (Lipinski definition) is 1. The Balaban J connectivity index is 0.00000242. The van der Waals surface area contributed by atoms with Gasteiger partial charge in [-0.25, -0.2) is 0 Å². The smallest absolute Gasteiger partial charge is 0.872 e. The van der Waals surface area contributed by atoms with E-state index in [1.165, 1.54) is 13.1 Å². The van der Waals surface area contributed by atoms with Gasteiger partial charge in [-0.3, -0.25) is 4.90 Å². The van der Waals surface area contributed by atoms with Crippen molar-refractivity contribution in [1.82, 2.24) is 15.1 Å². The molecule has 0 radical (unpaired) electrons. The summed E-state index contributed by atoms with van der Waals surface area (Å²) >= 11 is 4.38. The number of hydrogen-bond acceptors (Lipinski definition) is 4. The molecule has 1 aliphatic heterocycles. The van der Waals surface area contributed by atoms with Crippen LogP contribution in [0.2, 0.25) is 0 Å². The normalized spacial score (nSPS) is 16.5. The maximum atomic E-state index is 12.0. The minimum Gasteiger partial charge on any atom is -0.872 e. The Labute approximate surface area is 183 Å². The molecule has 1 fully saturated rings. The predicted molar refractivity (Wildman–Crippen MR) is 102 cm³/mol. The summed E-state index contributed by atoms with van der Waals surface area (Å²) in [6.07, 6.45) is 0. The molecular weight excluding hydrogens is 515 g/mol. The van der Waals surface area contributed by atoms with Crippen molar-refractivity contribution in [3.8, 4) is 5.75 Å². The Morgan fingerprint density at radius 3 is 2.41 bits per heavy atom. The first-order chi connectivity index (χ1) is 10.1. The van der Waals surface area contributed by atoms with Crippen LogP contribution in [0.4, 0.5) is 0 Å². The van der Waals surface area contributed by atoms with Gasteiger partial charge < -0.3 is 15.3 Å². The fourth-order valence-corrected chi connectivity index (χ4v) is 4.50. The van der Waals surface area contributed by atoms with Crippen molar-refractivity contribution >= 4 is 45.2 Å². The Bertz CT molecular complexity index is 468. The van der Waals surface area contributed by atoms with Gasteiger partial charge in [0.15, 0.2) is 0 Å². The minimum absolute atomic E-state index is 0. The van der Waals surface area contributed by atoms with Crippen molar-refractivity contribution in [3.05, 3.63) is 24.8 Å². The van der Waals surface area contributed by atoms with E-state index in [0.29, 0.717) is 6.54 Å². The van der Waals surface area contributed by atoms with Gasteiger partial charge in [-0.15, -0.1) is 0 Å². The van der Waals surface area contributed by atoms with Crippen LogP contribution in [0.5, 0.6) is 5.75 Å². The minimum atomic E-state index is 0. The Kier molecular flexibility index (Phi) is 10.8. The van der Waals surface area contributed by atoms with Gasteiger partial charge in [-0.1, -0.05) is 12.7 Å². The molecule has 0 aliphatic carbocycles. The van der Waals surface area contributed by atoms with Crippen LogP contribution < -0.4 is 40.0 Å². The van der Waals surface area contributed by atoms with E-state index in [1.807, 2.05) is 12.1 Å². The summed E-state index contributed by atoms with van der Waals surface area (Å²) in [5.41, 5.74) is 0.877. The summed E-state index contributed by atoms with van der Waals surface area (Å²) in [6.45, 7) is 10.7. The van der Waals surface area contributed by atoms with E-state index >= 15 is 0 Å². The average molecular weight is 537 g/mol.